The number of nitrogens with zero attached hydrogens (tertiary/aromatic N) is 5. The van der Waals surface area contributed by atoms with Crippen molar-refractivity contribution in [2.75, 3.05) is 69.3 Å². The molecule has 47 heavy (non-hydrogen) atoms. The lowest BCUT2D eigenvalue weighted by atomic mass is 9.90. The number of hydrogen-bond donors (Lipinski definition) is 2. The van der Waals surface area contributed by atoms with Crippen molar-refractivity contribution in [1.82, 2.24) is 25.5 Å². The van der Waals surface area contributed by atoms with Gasteiger partial charge in [0.2, 0.25) is 5.91 Å². The van der Waals surface area contributed by atoms with Crippen LogP contribution in [0.4, 0.5) is 20.7 Å². The van der Waals surface area contributed by atoms with E-state index in [-0.39, 0.29) is 11.7 Å². The van der Waals surface area contributed by atoms with E-state index in [4.69, 9.17) is 19.4 Å². The fraction of sp³-hybridized carbons (Fsp3) is 0.543. The molecular formula is C35H46FN7O4. The Bertz CT molecular complexity index is 1620. The molecule has 3 aliphatic rings. The summed E-state index contributed by atoms with van der Waals surface area (Å²) >= 11 is 0. The molecule has 1 aromatic carbocycles. The van der Waals surface area contributed by atoms with Crippen LogP contribution in [0.1, 0.15) is 41.0 Å². The lowest BCUT2D eigenvalue weighted by molar-refractivity contribution is -0.137. The monoisotopic (exact) mass is 647 g/mol. The molecule has 12 heteroatoms. The molecular weight excluding hydrogens is 601 g/mol. The predicted molar refractivity (Wildman–Crippen MR) is 180 cm³/mol. The summed E-state index contributed by atoms with van der Waals surface area (Å²) in [6.45, 7) is 14.9. The van der Waals surface area contributed by atoms with Crippen molar-refractivity contribution in [3.05, 3.63) is 42.3 Å². The number of nitrogens with one attached hydrogen (secondary N) is 2. The zero-order valence-corrected chi connectivity index (χ0v) is 28.2. The molecule has 0 saturated carbocycles. The molecule has 3 aromatic rings. The fourth-order valence-electron chi connectivity index (χ4n) is 6.91. The first-order chi connectivity index (χ1) is 22.3. The van der Waals surface area contributed by atoms with Crippen molar-refractivity contribution in [1.29, 1.82) is 0 Å². The number of rotatable bonds is 6. The normalized spacial score (nSPS) is 20.3. The number of hydrogen-bond acceptors (Lipinski definition) is 9. The second-order valence-electron chi connectivity index (χ2n) is 14.4. The Kier molecular flexibility index (Phi) is 8.90. The fourth-order valence-corrected chi connectivity index (χ4v) is 6.91. The maximum Gasteiger partial charge on any atom is 0.408 e. The second kappa shape index (κ2) is 12.8. The van der Waals surface area contributed by atoms with Crippen LogP contribution in [0.15, 0.2) is 36.5 Å². The van der Waals surface area contributed by atoms with Crippen molar-refractivity contribution in [3.8, 4) is 17.0 Å². The number of carbonyl (C=O) groups is 2. The summed E-state index contributed by atoms with van der Waals surface area (Å²) in [6, 6.07) is 9.27. The van der Waals surface area contributed by atoms with Crippen molar-refractivity contribution < 1.29 is 23.5 Å². The Hall–Kier alpha value is -4.19. The number of amides is 2. The minimum atomic E-state index is -1.10. The first-order valence-corrected chi connectivity index (χ1v) is 16.5. The molecule has 5 heterocycles. The highest BCUT2D eigenvalue weighted by Crippen LogP contribution is 2.39. The third-order valence-electron chi connectivity index (χ3n) is 9.36. The number of piperazine rings is 1. The number of ether oxygens (including phenoxy) is 2. The van der Waals surface area contributed by atoms with E-state index in [1.165, 1.54) is 7.11 Å². The lowest BCUT2D eigenvalue weighted by Gasteiger charge is -2.39. The first-order valence-electron chi connectivity index (χ1n) is 16.5. The Balaban J connectivity index is 1.17. The number of halogens is 1. The number of fused-ring (bicyclic) bond motifs is 2. The Morgan fingerprint density at radius 3 is 2.40 bits per heavy atom. The van der Waals surface area contributed by atoms with Crippen LogP contribution in [0, 0.1) is 17.7 Å². The summed E-state index contributed by atoms with van der Waals surface area (Å²) < 4.78 is 25.6. The van der Waals surface area contributed by atoms with Gasteiger partial charge in [-0.05, 0) is 90.2 Å². The number of benzene rings is 1. The van der Waals surface area contributed by atoms with Crippen LogP contribution < -0.4 is 25.2 Å². The number of carbonyl (C=O) groups excluding carboxylic acids is 2. The van der Waals surface area contributed by atoms with Crippen molar-refractivity contribution in [2.24, 2.45) is 11.8 Å². The Labute approximate surface area is 275 Å². The predicted octanol–water partition coefficient (Wildman–Crippen LogP) is 4.44. The van der Waals surface area contributed by atoms with Gasteiger partial charge in [-0.2, -0.15) is 0 Å². The highest BCUT2D eigenvalue weighted by Gasteiger charge is 2.37. The van der Waals surface area contributed by atoms with Crippen molar-refractivity contribution in [3.63, 3.8) is 0 Å². The number of alkyl carbamates (subject to hydrolysis) is 1. The summed E-state index contributed by atoms with van der Waals surface area (Å²) in [6.07, 6.45) is 2.36. The van der Waals surface area contributed by atoms with Crippen LogP contribution in [0.2, 0.25) is 0 Å². The number of aromatic nitrogens is 2. The third kappa shape index (κ3) is 7.07. The number of methoxy groups -OCH3 is 1. The van der Waals surface area contributed by atoms with Gasteiger partial charge in [-0.15, -0.1) is 0 Å². The number of piperidine rings is 1. The summed E-state index contributed by atoms with van der Waals surface area (Å²) in [4.78, 5) is 41.6. The van der Waals surface area contributed by atoms with Crippen molar-refractivity contribution >= 4 is 34.4 Å². The average Bonchev–Trinajstić information content (AvgIpc) is 3.47. The van der Waals surface area contributed by atoms with Crippen LogP contribution in [0.5, 0.6) is 5.75 Å². The van der Waals surface area contributed by atoms with Gasteiger partial charge in [0.05, 0.1) is 18.3 Å². The van der Waals surface area contributed by atoms with Gasteiger partial charge in [0, 0.05) is 68.2 Å². The lowest BCUT2D eigenvalue weighted by Crippen LogP contribution is -2.60. The maximum atomic E-state index is 14.9. The maximum absolute atomic E-state index is 14.9. The molecule has 2 atom stereocenters. The molecule has 2 aromatic heterocycles. The third-order valence-corrected chi connectivity index (χ3v) is 9.36. The average molecular weight is 648 g/mol. The summed E-state index contributed by atoms with van der Waals surface area (Å²) in [5.74, 6) is 1.62. The molecule has 0 aliphatic carbocycles. The zero-order valence-electron chi connectivity index (χ0n) is 28.2. The quantitative estimate of drug-likeness (QED) is 0.401. The van der Waals surface area contributed by atoms with Gasteiger partial charge >= 0.3 is 6.09 Å². The van der Waals surface area contributed by atoms with Crippen molar-refractivity contribution in [2.45, 2.75) is 52.2 Å². The largest absolute Gasteiger partial charge is 0.494 e. The molecule has 3 saturated heterocycles. The summed E-state index contributed by atoms with van der Waals surface area (Å²) in [5, 5.41) is 7.01. The Morgan fingerprint density at radius 1 is 1.00 bits per heavy atom. The molecule has 3 aliphatic heterocycles. The molecule has 0 radical (unpaired) electrons. The minimum absolute atomic E-state index is 0.158. The topological polar surface area (TPSA) is 112 Å². The van der Waals surface area contributed by atoms with E-state index in [0.29, 0.717) is 43.5 Å². The van der Waals surface area contributed by atoms with Gasteiger partial charge in [-0.25, -0.2) is 19.2 Å². The Morgan fingerprint density at radius 2 is 1.74 bits per heavy atom. The van der Waals surface area contributed by atoms with Gasteiger partial charge < -0.3 is 34.8 Å². The van der Waals surface area contributed by atoms with E-state index in [0.717, 1.165) is 60.7 Å². The highest BCUT2D eigenvalue weighted by atomic mass is 19.1. The summed E-state index contributed by atoms with van der Waals surface area (Å²) in [7, 11) is 1.47. The molecule has 2 unspecified atom stereocenters. The van der Waals surface area contributed by atoms with Crippen LogP contribution in [-0.2, 0) is 9.53 Å². The smallest absolute Gasteiger partial charge is 0.408 e. The van der Waals surface area contributed by atoms with E-state index in [1.54, 1.807) is 51.7 Å². The minimum Gasteiger partial charge on any atom is -0.494 e. The van der Waals surface area contributed by atoms with Gasteiger partial charge in [0.15, 0.2) is 11.6 Å². The second-order valence-corrected chi connectivity index (χ2v) is 14.4. The van der Waals surface area contributed by atoms with E-state index in [1.807, 2.05) is 18.3 Å². The van der Waals surface area contributed by atoms with Gasteiger partial charge in [0.25, 0.3) is 0 Å². The van der Waals surface area contributed by atoms with Gasteiger partial charge in [-0.3, -0.25) is 4.79 Å². The van der Waals surface area contributed by atoms with Gasteiger partial charge in [-0.1, -0.05) is 0 Å². The summed E-state index contributed by atoms with van der Waals surface area (Å²) in [5.41, 5.74) is 1.54. The van der Waals surface area contributed by atoms with E-state index in [2.05, 4.69) is 26.5 Å². The number of anilines is 2. The molecule has 2 amide bonds. The SMILES string of the molecule is COc1cc2nc(-c3ccc(N4CCN(C(=O)C(C)(C)NC(=O)OC(C)(C)C)CC4)nc3)cc(N3CC4CCNCC4C3)c2cc1F. The van der Waals surface area contributed by atoms with E-state index < -0.39 is 23.1 Å². The zero-order chi connectivity index (χ0) is 33.5. The molecule has 0 bridgehead atoms. The van der Waals surface area contributed by atoms with Crippen LogP contribution in [-0.4, -0.2) is 97.5 Å². The van der Waals surface area contributed by atoms with Crippen LogP contribution >= 0.6 is 0 Å². The standard InChI is InChI=1S/C35H46FN7O4/c1-34(2,3)47-33(45)40-35(4,5)32(44)42-13-11-41(12-14-42)31-8-7-22(19-38-31)27-16-29(43-20-23-9-10-37-18-24(23)21-43)25-15-26(36)30(46-6)17-28(25)39-27/h7-8,15-17,19,23-24,37H,9-14,18,20-21H2,1-6H3,(H,40,45). The van der Waals surface area contributed by atoms with Gasteiger partial charge in [0.1, 0.15) is 17.0 Å². The first kappa shape index (κ1) is 32.7. The molecule has 6 rings (SSSR count). The van der Waals surface area contributed by atoms with E-state index in [9.17, 15) is 14.0 Å². The van der Waals surface area contributed by atoms with Crippen LogP contribution in [0.3, 0.4) is 0 Å². The molecule has 11 nitrogen and oxygen atoms in total. The van der Waals surface area contributed by atoms with E-state index >= 15 is 0 Å². The number of pyridine rings is 2. The highest BCUT2D eigenvalue weighted by molar-refractivity contribution is 5.95. The molecule has 2 N–H and O–H groups in total. The molecule has 252 valence electrons. The molecule has 3 fully saturated rings. The molecule has 0 spiro atoms. The van der Waals surface area contributed by atoms with Crippen LogP contribution in [0.25, 0.3) is 22.2 Å².